The summed E-state index contributed by atoms with van der Waals surface area (Å²) in [5.41, 5.74) is 1.00. The number of thiazole rings is 1. The van der Waals surface area contributed by atoms with E-state index in [1.807, 2.05) is 0 Å². The largest absolute Gasteiger partial charge is 0.379 e. The van der Waals surface area contributed by atoms with Crippen molar-refractivity contribution in [1.29, 1.82) is 0 Å². The zero-order chi connectivity index (χ0) is 32.1. The average Bonchev–Trinajstić information content (AvgIpc) is 3.71. The maximum atomic E-state index is 13.9. The van der Waals surface area contributed by atoms with Crippen LogP contribution in [0.15, 0.2) is 48.9 Å². The highest BCUT2D eigenvalue weighted by molar-refractivity contribution is 7.17. The summed E-state index contributed by atoms with van der Waals surface area (Å²) in [6.45, 7) is 4.23. The third-order valence-electron chi connectivity index (χ3n) is 6.93. The molecule has 5 rings (SSSR count). The normalized spacial score (nSPS) is 13.3. The van der Waals surface area contributed by atoms with E-state index in [2.05, 4.69) is 31.2 Å². The van der Waals surface area contributed by atoms with Gasteiger partial charge in [-0.15, -0.1) is 0 Å². The van der Waals surface area contributed by atoms with Crippen LogP contribution >= 0.6 is 11.3 Å². The summed E-state index contributed by atoms with van der Waals surface area (Å²) in [6.07, 6.45) is 4.41. The van der Waals surface area contributed by atoms with E-state index >= 15 is 0 Å². The molecule has 3 aromatic heterocycles. The average molecular weight is 641 g/mol. The topological polar surface area (TPSA) is 152 Å². The van der Waals surface area contributed by atoms with Gasteiger partial charge in [-0.1, -0.05) is 11.3 Å². The Kier molecular flexibility index (Phi) is 9.65. The molecule has 1 aliphatic heterocycles. The highest BCUT2D eigenvalue weighted by Gasteiger charge is 2.20. The van der Waals surface area contributed by atoms with Crippen molar-refractivity contribution in [2.75, 3.05) is 55.3 Å². The molecule has 1 aromatic carbocycles. The fraction of sp³-hybridized carbons (Fsp3) is 0.276. The second-order valence-electron chi connectivity index (χ2n) is 10.2. The van der Waals surface area contributed by atoms with Crippen LogP contribution in [0.2, 0.25) is 0 Å². The Labute approximate surface area is 260 Å². The first-order valence-electron chi connectivity index (χ1n) is 13.8. The van der Waals surface area contributed by atoms with Crippen molar-refractivity contribution in [2.24, 2.45) is 14.1 Å². The molecule has 13 nitrogen and oxygen atoms in total. The zero-order valence-corrected chi connectivity index (χ0v) is 25.2. The Bertz CT molecular complexity index is 1740. The van der Waals surface area contributed by atoms with Crippen LogP contribution in [0.25, 0.3) is 0 Å². The van der Waals surface area contributed by atoms with Gasteiger partial charge in [0.15, 0.2) is 5.13 Å². The summed E-state index contributed by atoms with van der Waals surface area (Å²) in [5.74, 6) is -3.96. The van der Waals surface area contributed by atoms with Crippen molar-refractivity contribution >= 4 is 51.5 Å². The molecule has 0 bridgehead atoms. The Hall–Kier alpha value is -4.93. The van der Waals surface area contributed by atoms with Crippen LogP contribution in [0, 0.1) is 11.6 Å². The van der Waals surface area contributed by atoms with Gasteiger partial charge in [-0.25, -0.2) is 13.8 Å². The first kappa shape index (κ1) is 31.5. The SMILES string of the molecule is Cn1cc(NC(=O)c2cc(NC(=O)c3cnc(NC(=O)c4ccc(F)cc4F)s3)cn2C)cc1C(=O)NCCN1CCOCC1. The van der Waals surface area contributed by atoms with E-state index in [-0.39, 0.29) is 27.2 Å². The van der Waals surface area contributed by atoms with Crippen LogP contribution in [-0.4, -0.2) is 82.0 Å². The molecular weight excluding hydrogens is 610 g/mol. The van der Waals surface area contributed by atoms with Crippen molar-refractivity contribution in [3.63, 3.8) is 0 Å². The Morgan fingerprint density at radius 2 is 1.51 bits per heavy atom. The van der Waals surface area contributed by atoms with E-state index in [9.17, 15) is 28.0 Å². The van der Waals surface area contributed by atoms with Gasteiger partial charge in [0.25, 0.3) is 23.6 Å². The highest BCUT2D eigenvalue weighted by atomic mass is 32.1. The van der Waals surface area contributed by atoms with E-state index < -0.39 is 29.4 Å². The molecule has 0 aliphatic carbocycles. The molecule has 0 radical (unpaired) electrons. The van der Waals surface area contributed by atoms with Gasteiger partial charge in [-0.05, 0) is 24.3 Å². The maximum Gasteiger partial charge on any atom is 0.272 e. The first-order valence-corrected chi connectivity index (χ1v) is 14.6. The van der Waals surface area contributed by atoms with Crippen molar-refractivity contribution in [2.45, 2.75) is 0 Å². The van der Waals surface area contributed by atoms with Crippen LogP contribution in [0.1, 0.15) is 41.0 Å². The molecular formula is C29H30F2N8O5S. The molecule has 0 atom stereocenters. The van der Waals surface area contributed by atoms with Crippen LogP contribution < -0.4 is 21.3 Å². The molecule has 0 spiro atoms. The summed E-state index contributed by atoms with van der Waals surface area (Å²) < 4.78 is 35.5. The zero-order valence-electron chi connectivity index (χ0n) is 24.4. The number of rotatable bonds is 10. The molecule has 45 heavy (non-hydrogen) atoms. The number of amides is 4. The molecule has 1 fully saturated rings. The van der Waals surface area contributed by atoms with E-state index in [0.29, 0.717) is 42.9 Å². The Morgan fingerprint density at radius 3 is 2.18 bits per heavy atom. The summed E-state index contributed by atoms with van der Waals surface area (Å²) in [5, 5.41) is 10.8. The van der Waals surface area contributed by atoms with Crippen molar-refractivity contribution < 1.29 is 32.7 Å². The molecule has 0 saturated carbocycles. The van der Waals surface area contributed by atoms with Crippen molar-refractivity contribution in [3.8, 4) is 0 Å². The van der Waals surface area contributed by atoms with Gasteiger partial charge in [0.1, 0.15) is 27.9 Å². The monoisotopic (exact) mass is 640 g/mol. The first-order chi connectivity index (χ1) is 21.6. The number of aryl methyl sites for hydroxylation is 2. The lowest BCUT2D eigenvalue weighted by Gasteiger charge is -2.26. The minimum Gasteiger partial charge on any atom is -0.379 e. The van der Waals surface area contributed by atoms with Crippen LogP contribution in [-0.2, 0) is 18.8 Å². The van der Waals surface area contributed by atoms with Crippen LogP contribution in [0.3, 0.4) is 0 Å². The summed E-state index contributed by atoms with van der Waals surface area (Å²) in [6, 6.07) is 5.62. The van der Waals surface area contributed by atoms with E-state index in [0.717, 1.165) is 43.1 Å². The lowest BCUT2D eigenvalue weighted by atomic mass is 10.2. The van der Waals surface area contributed by atoms with Gasteiger partial charge in [0.05, 0.1) is 36.3 Å². The van der Waals surface area contributed by atoms with Gasteiger partial charge in [0, 0.05) is 58.7 Å². The molecule has 0 unspecified atom stereocenters. The summed E-state index contributed by atoms with van der Waals surface area (Å²) in [7, 11) is 3.35. The van der Waals surface area contributed by atoms with Crippen LogP contribution in [0.4, 0.5) is 25.3 Å². The second-order valence-corrected chi connectivity index (χ2v) is 11.2. The van der Waals surface area contributed by atoms with Crippen LogP contribution in [0.5, 0.6) is 0 Å². The predicted octanol–water partition coefficient (Wildman–Crippen LogP) is 2.92. The van der Waals surface area contributed by atoms with Crippen molar-refractivity contribution in [3.05, 3.63) is 82.4 Å². The molecule has 4 N–H and O–H groups in total. The minimum absolute atomic E-state index is 0.0371. The number of hydrogen-bond acceptors (Lipinski definition) is 8. The smallest absolute Gasteiger partial charge is 0.272 e. The highest BCUT2D eigenvalue weighted by Crippen LogP contribution is 2.23. The summed E-state index contributed by atoms with van der Waals surface area (Å²) >= 11 is 0.849. The number of halogens is 2. The number of anilines is 3. The molecule has 4 heterocycles. The second kappa shape index (κ2) is 13.8. The molecule has 16 heteroatoms. The van der Waals surface area contributed by atoms with Gasteiger partial charge in [-0.3, -0.25) is 29.4 Å². The number of carbonyl (C=O) groups is 4. The van der Waals surface area contributed by atoms with Gasteiger partial charge < -0.3 is 29.8 Å². The number of hydrogen-bond donors (Lipinski definition) is 4. The number of nitrogens with zero attached hydrogens (tertiary/aromatic N) is 4. The predicted molar refractivity (Wildman–Crippen MR) is 163 cm³/mol. The summed E-state index contributed by atoms with van der Waals surface area (Å²) in [4.78, 5) is 57.2. The number of ether oxygens (including phenoxy) is 1. The molecule has 1 saturated heterocycles. The number of carbonyl (C=O) groups excluding carboxylic acids is 4. The fourth-order valence-electron chi connectivity index (χ4n) is 4.62. The number of aromatic nitrogens is 3. The maximum absolute atomic E-state index is 13.9. The van der Waals surface area contributed by atoms with Gasteiger partial charge in [0.2, 0.25) is 0 Å². The van der Waals surface area contributed by atoms with Crippen molar-refractivity contribution in [1.82, 2.24) is 24.3 Å². The van der Waals surface area contributed by atoms with Gasteiger partial charge >= 0.3 is 0 Å². The van der Waals surface area contributed by atoms with Gasteiger partial charge in [-0.2, -0.15) is 0 Å². The molecule has 1 aliphatic rings. The third-order valence-corrected chi connectivity index (χ3v) is 7.85. The standard InChI is InChI=1S/C29H30F2N8O5S/c1-37-15-18(12-22(37)26(41)32-5-6-39-7-9-44-10-8-39)34-27(42)23-13-19(16-38(23)2)35-28(43)24-14-33-29(45-24)36-25(40)20-4-3-17(30)11-21(20)31/h3-4,11-16H,5-10H2,1-2H3,(H,32,41)(H,34,42)(H,35,43)(H,33,36,40). The van der Waals surface area contributed by atoms with E-state index in [1.165, 1.54) is 16.8 Å². The molecule has 4 aromatic rings. The fourth-order valence-corrected chi connectivity index (χ4v) is 5.33. The third kappa shape index (κ3) is 7.78. The lowest BCUT2D eigenvalue weighted by molar-refractivity contribution is 0.0383. The van der Waals surface area contributed by atoms with E-state index in [4.69, 9.17) is 4.74 Å². The number of morpholine rings is 1. The van der Waals surface area contributed by atoms with E-state index in [1.54, 1.807) is 37.1 Å². The number of nitrogens with one attached hydrogen (secondary N) is 4. The minimum atomic E-state index is -1.03. The Balaban J connectivity index is 1.15. The number of benzene rings is 1. The molecule has 236 valence electrons. The Morgan fingerprint density at radius 1 is 0.867 bits per heavy atom. The lowest BCUT2D eigenvalue weighted by Crippen LogP contribution is -2.41. The quantitative estimate of drug-likeness (QED) is 0.208. The molecule has 4 amide bonds.